The largest absolute Gasteiger partial charge is 0.394 e. The van der Waals surface area contributed by atoms with Crippen molar-refractivity contribution in [3.05, 3.63) is 64.9 Å². The first kappa shape index (κ1) is 23.8. The highest BCUT2D eigenvalue weighted by Crippen LogP contribution is 2.25. The Morgan fingerprint density at radius 3 is 2.27 bits per heavy atom. The number of aliphatic hydroxyl groups excluding tert-OH is 1. The van der Waals surface area contributed by atoms with E-state index in [-0.39, 0.29) is 30.3 Å². The van der Waals surface area contributed by atoms with Gasteiger partial charge in [-0.05, 0) is 31.0 Å². The van der Waals surface area contributed by atoms with Gasteiger partial charge in [-0.1, -0.05) is 13.8 Å². The molecule has 0 saturated carbocycles. The number of aliphatic hydroxyl groups is 1. The number of anilines is 4. The van der Waals surface area contributed by atoms with Gasteiger partial charge in [0.25, 0.3) is 5.69 Å². The van der Waals surface area contributed by atoms with Crippen LogP contribution in [0.5, 0.6) is 0 Å². The van der Waals surface area contributed by atoms with E-state index in [0.29, 0.717) is 17.6 Å². The summed E-state index contributed by atoms with van der Waals surface area (Å²) in [5, 5.41) is 26.8. The molecule has 0 aliphatic carbocycles. The van der Waals surface area contributed by atoms with Crippen molar-refractivity contribution in [2.45, 2.75) is 32.9 Å². The van der Waals surface area contributed by atoms with Crippen LogP contribution in [0.25, 0.3) is 0 Å². The van der Waals surface area contributed by atoms with E-state index in [9.17, 15) is 15.2 Å². The molecule has 11 nitrogen and oxygen atoms in total. The number of non-ortho nitro benzene ring substituents is 1. The summed E-state index contributed by atoms with van der Waals surface area (Å²) in [6.07, 6.45) is 5.02. The van der Waals surface area contributed by atoms with Crippen molar-refractivity contribution in [3.8, 4) is 0 Å². The van der Waals surface area contributed by atoms with Gasteiger partial charge in [0.15, 0.2) is 0 Å². The van der Waals surface area contributed by atoms with Crippen LogP contribution in [-0.4, -0.2) is 49.7 Å². The second-order valence-electron chi connectivity index (χ2n) is 7.94. The van der Waals surface area contributed by atoms with Crippen LogP contribution in [0, 0.1) is 16.0 Å². The summed E-state index contributed by atoms with van der Waals surface area (Å²) < 4.78 is 0. The fourth-order valence-electron chi connectivity index (χ4n) is 3.05. The number of hydrogen-bond acceptors (Lipinski definition) is 10. The van der Waals surface area contributed by atoms with E-state index < -0.39 is 4.92 Å². The topological polar surface area (TPSA) is 142 Å². The second-order valence-corrected chi connectivity index (χ2v) is 7.94. The van der Waals surface area contributed by atoms with E-state index in [1.54, 1.807) is 36.8 Å². The van der Waals surface area contributed by atoms with Crippen molar-refractivity contribution in [3.63, 3.8) is 0 Å². The summed E-state index contributed by atoms with van der Waals surface area (Å²) in [6, 6.07) is 7.66. The summed E-state index contributed by atoms with van der Waals surface area (Å²) in [5.41, 5.74) is 1.56. The molecule has 3 rings (SSSR count). The second kappa shape index (κ2) is 10.6. The molecule has 1 unspecified atom stereocenters. The molecule has 2 aromatic heterocycles. The van der Waals surface area contributed by atoms with Crippen LogP contribution in [0.1, 0.15) is 32.6 Å². The fourth-order valence-corrected chi connectivity index (χ4v) is 3.05. The Kier molecular flexibility index (Phi) is 7.67. The molecule has 1 aromatic carbocycles. The summed E-state index contributed by atoms with van der Waals surface area (Å²) in [7, 11) is 1.84. The normalized spacial score (nSPS) is 12.8. The van der Waals surface area contributed by atoms with Crippen molar-refractivity contribution >= 4 is 28.8 Å². The van der Waals surface area contributed by atoms with Gasteiger partial charge in [-0.2, -0.15) is 4.98 Å². The molecule has 0 fully saturated rings. The van der Waals surface area contributed by atoms with Crippen LogP contribution in [-0.2, 0) is 0 Å². The third kappa shape index (κ3) is 6.10. The van der Waals surface area contributed by atoms with Crippen molar-refractivity contribution in [2.24, 2.45) is 5.92 Å². The third-order valence-corrected chi connectivity index (χ3v) is 5.22. The molecular weight excluding hydrogens is 424 g/mol. The molecule has 0 radical (unpaired) electrons. The van der Waals surface area contributed by atoms with Gasteiger partial charge in [0.2, 0.25) is 5.95 Å². The molecule has 0 spiro atoms. The molecule has 0 aliphatic rings. The number of nitro benzene ring substituents is 1. The van der Waals surface area contributed by atoms with Crippen LogP contribution in [0.3, 0.4) is 0 Å². The van der Waals surface area contributed by atoms with E-state index in [0.717, 1.165) is 11.4 Å². The summed E-state index contributed by atoms with van der Waals surface area (Å²) in [4.78, 5) is 29.8. The molecule has 3 aromatic rings. The Labute approximate surface area is 192 Å². The van der Waals surface area contributed by atoms with Crippen molar-refractivity contribution in [1.29, 1.82) is 0 Å². The van der Waals surface area contributed by atoms with Gasteiger partial charge in [0.05, 0.1) is 41.7 Å². The average Bonchev–Trinajstić information content (AvgIpc) is 2.82. The quantitative estimate of drug-likeness (QED) is 0.309. The number of hydrogen-bond donors (Lipinski definition) is 3. The lowest BCUT2D eigenvalue weighted by Crippen LogP contribution is -2.30. The average molecular weight is 453 g/mol. The van der Waals surface area contributed by atoms with E-state index in [2.05, 4.69) is 30.6 Å². The lowest BCUT2D eigenvalue weighted by atomic mass is 10.1. The van der Waals surface area contributed by atoms with E-state index >= 15 is 0 Å². The van der Waals surface area contributed by atoms with Crippen molar-refractivity contribution in [1.82, 2.24) is 19.9 Å². The van der Waals surface area contributed by atoms with Crippen LogP contribution in [0.2, 0.25) is 0 Å². The monoisotopic (exact) mass is 452 g/mol. The van der Waals surface area contributed by atoms with Gasteiger partial charge in [-0.25, -0.2) is 15.0 Å². The van der Waals surface area contributed by atoms with Gasteiger partial charge >= 0.3 is 0 Å². The molecule has 0 amide bonds. The zero-order valence-corrected chi connectivity index (χ0v) is 19.0. The maximum atomic E-state index is 10.8. The zero-order chi connectivity index (χ0) is 24.0. The zero-order valence-electron chi connectivity index (χ0n) is 19.0. The minimum absolute atomic E-state index is 0.00927. The minimum Gasteiger partial charge on any atom is -0.394 e. The van der Waals surface area contributed by atoms with Gasteiger partial charge in [0, 0.05) is 31.1 Å². The number of nitrogens with zero attached hydrogens (tertiary/aromatic N) is 6. The molecule has 2 heterocycles. The standard InChI is InChI=1S/C22H28N8O3/c1-14(2)19(13-31)27-20-9-10-23-22(28-20)26-15(3)21-24-11-18(12-25-21)29(4)16-5-7-17(8-6-16)30(32)33/h5-12,14-15,19,31H,13H2,1-4H3,(H2,23,26,27,28)/t15?,19-/m1/s1. The van der Waals surface area contributed by atoms with Gasteiger partial charge in [-0.3, -0.25) is 10.1 Å². The number of aromatic nitrogens is 4. The highest BCUT2D eigenvalue weighted by atomic mass is 16.6. The molecule has 0 bridgehead atoms. The molecule has 3 N–H and O–H groups in total. The third-order valence-electron chi connectivity index (χ3n) is 5.22. The van der Waals surface area contributed by atoms with Crippen molar-refractivity contribution < 1.29 is 10.0 Å². The number of nitrogens with one attached hydrogen (secondary N) is 2. The molecule has 0 saturated heterocycles. The molecule has 33 heavy (non-hydrogen) atoms. The van der Waals surface area contributed by atoms with E-state index in [1.807, 2.05) is 32.7 Å². The molecule has 2 atom stereocenters. The van der Waals surface area contributed by atoms with Gasteiger partial charge in [-0.15, -0.1) is 0 Å². The predicted octanol–water partition coefficient (Wildman–Crippen LogP) is 3.54. The Balaban J connectivity index is 1.66. The highest BCUT2D eigenvalue weighted by Gasteiger charge is 2.15. The first-order valence-corrected chi connectivity index (χ1v) is 10.6. The first-order chi connectivity index (χ1) is 15.8. The molecule has 0 aliphatic heterocycles. The number of benzene rings is 1. The van der Waals surface area contributed by atoms with Crippen LogP contribution >= 0.6 is 0 Å². The van der Waals surface area contributed by atoms with Crippen LogP contribution in [0.15, 0.2) is 48.9 Å². The van der Waals surface area contributed by atoms with E-state index in [1.165, 1.54) is 12.1 Å². The number of nitro groups is 1. The van der Waals surface area contributed by atoms with Crippen LogP contribution < -0.4 is 15.5 Å². The molecular formula is C22H28N8O3. The Hall–Kier alpha value is -3.86. The highest BCUT2D eigenvalue weighted by molar-refractivity contribution is 5.62. The Morgan fingerprint density at radius 2 is 1.70 bits per heavy atom. The van der Waals surface area contributed by atoms with Gasteiger partial charge < -0.3 is 20.6 Å². The Bertz CT molecular complexity index is 1060. The SMILES string of the molecule is CC(Nc1nccc(N[C@H](CO)C(C)C)n1)c1ncc(N(C)c2ccc([N+](=O)[O-])cc2)cn1. The maximum Gasteiger partial charge on any atom is 0.269 e. The van der Waals surface area contributed by atoms with Crippen LogP contribution in [0.4, 0.5) is 28.8 Å². The van der Waals surface area contributed by atoms with Gasteiger partial charge in [0.1, 0.15) is 11.6 Å². The lowest BCUT2D eigenvalue weighted by molar-refractivity contribution is -0.384. The maximum absolute atomic E-state index is 10.8. The summed E-state index contributed by atoms with van der Waals surface area (Å²) in [5.74, 6) is 1.85. The summed E-state index contributed by atoms with van der Waals surface area (Å²) >= 11 is 0. The molecule has 11 heteroatoms. The summed E-state index contributed by atoms with van der Waals surface area (Å²) in [6.45, 7) is 5.96. The van der Waals surface area contributed by atoms with E-state index in [4.69, 9.17) is 0 Å². The van der Waals surface area contributed by atoms with Crippen molar-refractivity contribution in [2.75, 3.05) is 29.2 Å². The Morgan fingerprint density at radius 1 is 1.03 bits per heavy atom. The lowest BCUT2D eigenvalue weighted by Gasteiger charge is -2.21. The first-order valence-electron chi connectivity index (χ1n) is 10.6. The fraction of sp³-hybridized carbons (Fsp3) is 0.364. The predicted molar refractivity (Wildman–Crippen MR) is 127 cm³/mol. The number of rotatable bonds is 10. The minimum atomic E-state index is -0.430. The smallest absolute Gasteiger partial charge is 0.269 e. The molecule has 174 valence electrons.